The second kappa shape index (κ2) is 12.0. The number of rotatable bonds is 6. The van der Waals surface area contributed by atoms with E-state index in [1.165, 1.54) is 12.1 Å². The van der Waals surface area contributed by atoms with Gasteiger partial charge in [0.2, 0.25) is 0 Å². The molecule has 6 nitrogen and oxygen atoms in total. The van der Waals surface area contributed by atoms with Gasteiger partial charge in [0.25, 0.3) is 0 Å². The lowest BCUT2D eigenvalue weighted by Gasteiger charge is -2.28. The first-order chi connectivity index (χ1) is 12.1. The van der Waals surface area contributed by atoms with Gasteiger partial charge in [-0.15, -0.1) is 24.0 Å². The van der Waals surface area contributed by atoms with Crippen LogP contribution in [0.2, 0.25) is 0 Å². The number of nitrogens with zero attached hydrogens (tertiary/aromatic N) is 2. The molecule has 1 unspecified atom stereocenters. The zero-order valence-corrected chi connectivity index (χ0v) is 19.3. The predicted molar refractivity (Wildman–Crippen MR) is 118 cm³/mol. The van der Waals surface area contributed by atoms with E-state index >= 15 is 0 Å². The molecule has 0 heterocycles. The van der Waals surface area contributed by atoms with Crippen LogP contribution in [-0.4, -0.2) is 49.2 Å². The number of amides is 1. The molecule has 1 aromatic rings. The fraction of sp³-hybridized carbons (Fsp3) is 0.579. The summed E-state index contributed by atoms with van der Waals surface area (Å²) >= 11 is 0. The fourth-order valence-electron chi connectivity index (χ4n) is 2.12. The summed E-state index contributed by atoms with van der Waals surface area (Å²) in [6, 6.07) is 6.34. The molecule has 0 bridgehead atoms. The summed E-state index contributed by atoms with van der Waals surface area (Å²) in [5, 5.41) is 6.38. The van der Waals surface area contributed by atoms with Gasteiger partial charge in [-0.3, -0.25) is 4.99 Å². The topological polar surface area (TPSA) is 66.0 Å². The molecule has 0 radical (unpaired) electrons. The second-order valence-corrected chi connectivity index (χ2v) is 7.21. The highest BCUT2D eigenvalue weighted by Crippen LogP contribution is 2.11. The van der Waals surface area contributed by atoms with Crippen molar-refractivity contribution < 1.29 is 13.9 Å². The van der Waals surface area contributed by atoms with Crippen LogP contribution in [-0.2, 0) is 11.3 Å². The van der Waals surface area contributed by atoms with Crippen molar-refractivity contribution in [3.05, 3.63) is 35.6 Å². The molecular weight excluding hydrogens is 462 g/mol. The van der Waals surface area contributed by atoms with Gasteiger partial charge in [-0.1, -0.05) is 12.1 Å². The van der Waals surface area contributed by atoms with Crippen LogP contribution >= 0.6 is 24.0 Å². The fourth-order valence-corrected chi connectivity index (χ4v) is 2.12. The number of hydrogen-bond donors (Lipinski definition) is 2. The first-order valence-corrected chi connectivity index (χ1v) is 8.77. The number of ether oxygens (including phenoxy) is 1. The van der Waals surface area contributed by atoms with E-state index in [2.05, 4.69) is 15.6 Å². The van der Waals surface area contributed by atoms with E-state index in [1.807, 2.05) is 27.7 Å². The summed E-state index contributed by atoms with van der Waals surface area (Å²) in [5.74, 6) is 0.404. The Morgan fingerprint density at radius 3 is 2.37 bits per heavy atom. The molecule has 0 aliphatic rings. The highest BCUT2D eigenvalue weighted by molar-refractivity contribution is 14.0. The predicted octanol–water partition coefficient (Wildman–Crippen LogP) is 3.75. The maximum atomic E-state index is 12.9. The standard InChI is InChI=1S/C19H31FN4O2.HI/c1-14(24(6)18(25)26-19(2,3)4)11-12-22-17(21-5)23-13-15-7-9-16(20)10-8-15;/h7-10,14H,11-13H2,1-6H3,(H2,21,22,23);1H. The highest BCUT2D eigenvalue weighted by Gasteiger charge is 2.22. The number of guanidine groups is 1. The van der Waals surface area contributed by atoms with Crippen molar-refractivity contribution in [1.82, 2.24) is 15.5 Å². The lowest BCUT2D eigenvalue weighted by Crippen LogP contribution is -2.42. The number of aliphatic imine (C=N–C) groups is 1. The van der Waals surface area contributed by atoms with Crippen molar-refractivity contribution in [1.29, 1.82) is 0 Å². The van der Waals surface area contributed by atoms with Crippen LogP contribution in [0.4, 0.5) is 9.18 Å². The molecular formula is C19H32FIN4O2. The van der Waals surface area contributed by atoms with Crippen LogP contribution < -0.4 is 10.6 Å². The molecule has 0 aliphatic heterocycles. The number of benzene rings is 1. The maximum absolute atomic E-state index is 12.9. The summed E-state index contributed by atoms with van der Waals surface area (Å²) in [5.41, 5.74) is 0.461. The van der Waals surface area contributed by atoms with Gasteiger partial charge in [0.05, 0.1) is 0 Å². The van der Waals surface area contributed by atoms with E-state index in [-0.39, 0.29) is 41.9 Å². The minimum atomic E-state index is -0.504. The minimum Gasteiger partial charge on any atom is -0.444 e. The maximum Gasteiger partial charge on any atom is 0.410 e. The molecule has 0 fully saturated rings. The van der Waals surface area contributed by atoms with Crippen molar-refractivity contribution in [3.63, 3.8) is 0 Å². The monoisotopic (exact) mass is 494 g/mol. The number of carbonyl (C=O) groups excluding carboxylic acids is 1. The van der Waals surface area contributed by atoms with Crippen LogP contribution in [0.5, 0.6) is 0 Å². The van der Waals surface area contributed by atoms with E-state index in [9.17, 15) is 9.18 Å². The van der Waals surface area contributed by atoms with Gasteiger partial charge in [0, 0.05) is 33.2 Å². The summed E-state index contributed by atoms with van der Waals surface area (Å²) in [7, 11) is 3.43. The van der Waals surface area contributed by atoms with Crippen molar-refractivity contribution in [2.75, 3.05) is 20.6 Å². The zero-order chi connectivity index (χ0) is 19.7. The molecule has 0 saturated heterocycles. The van der Waals surface area contributed by atoms with E-state index in [0.717, 1.165) is 12.0 Å². The minimum absolute atomic E-state index is 0. The average Bonchev–Trinajstić information content (AvgIpc) is 2.56. The number of nitrogens with one attached hydrogen (secondary N) is 2. The third kappa shape index (κ3) is 10.4. The third-order valence-electron chi connectivity index (χ3n) is 3.79. The molecule has 27 heavy (non-hydrogen) atoms. The summed E-state index contributed by atoms with van der Waals surface area (Å²) < 4.78 is 18.3. The number of halogens is 2. The Labute approximate surface area is 179 Å². The van der Waals surface area contributed by atoms with Gasteiger partial charge in [0.1, 0.15) is 11.4 Å². The quantitative estimate of drug-likeness (QED) is 0.359. The molecule has 0 saturated carbocycles. The molecule has 0 spiro atoms. The van der Waals surface area contributed by atoms with Gasteiger partial charge >= 0.3 is 6.09 Å². The highest BCUT2D eigenvalue weighted by atomic mass is 127. The van der Waals surface area contributed by atoms with Crippen LogP contribution in [0.15, 0.2) is 29.3 Å². The lowest BCUT2D eigenvalue weighted by atomic mass is 10.2. The molecule has 1 rings (SSSR count). The molecule has 154 valence electrons. The Morgan fingerprint density at radius 2 is 1.85 bits per heavy atom. The van der Waals surface area contributed by atoms with Crippen molar-refractivity contribution >= 4 is 36.0 Å². The van der Waals surface area contributed by atoms with E-state index in [0.29, 0.717) is 19.0 Å². The Hall–Kier alpha value is -1.58. The Morgan fingerprint density at radius 1 is 1.26 bits per heavy atom. The SMILES string of the molecule is CN=C(NCCC(C)N(C)C(=O)OC(C)(C)C)NCc1ccc(F)cc1.I. The van der Waals surface area contributed by atoms with Crippen LogP contribution in [0.3, 0.4) is 0 Å². The Balaban J connectivity index is 0.00000676. The molecule has 1 aromatic carbocycles. The molecule has 0 aliphatic carbocycles. The van der Waals surface area contributed by atoms with E-state index in [4.69, 9.17) is 4.74 Å². The van der Waals surface area contributed by atoms with Crippen molar-refractivity contribution in [3.8, 4) is 0 Å². The van der Waals surface area contributed by atoms with Crippen LogP contribution in [0.25, 0.3) is 0 Å². The van der Waals surface area contributed by atoms with Crippen molar-refractivity contribution in [2.24, 2.45) is 4.99 Å². The van der Waals surface area contributed by atoms with E-state index < -0.39 is 5.60 Å². The van der Waals surface area contributed by atoms with Gasteiger partial charge in [-0.05, 0) is 51.8 Å². The smallest absolute Gasteiger partial charge is 0.410 e. The van der Waals surface area contributed by atoms with Gasteiger partial charge < -0.3 is 20.3 Å². The normalized spacial score (nSPS) is 12.6. The molecule has 2 N–H and O–H groups in total. The van der Waals surface area contributed by atoms with Gasteiger partial charge in [-0.2, -0.15) is 0 Å². The first kappa shape index (κ1) is 25.4. The molecule has 1 amide bonds. The summed E-state index contributed by atoms with van der Waals surface area (Å²) in [6.07, 6.45) is 0.413. The van der Waals surface area contributed by atoms with Gasteiger partial charge in [-0.25, -0.2) is 9.18 Å². The van der Waals surface area contributed by atoms with Crippen LogP contribution in [0.1, 0.15) is 39.7 Å². The zero-order valence-electron chi connectivity index (χ0n) is 17.0. The van der Waals surface area contributed by atoms with Gasteiger partial charge in [0.15, 0.2) is 5.96 Å². The molecule has 0 aromatic heterocycles. The average molecular weight is 494 g/mol. The van der Waals surface area contributed by atoms with Crippen molar-refractivity contribution in [2.45, 2.75) is 52.3 Å². The molecule has 1 atom stereocenters. The first-order valence-electron chi connectivity index (χ1n) is 8.77. The number of carbonyl (C=O) groups is 1. The van der Waals surface area contributed by atoms with Crippen LogP contribution in [0, 0.1) is 5.82 Å². The summed E-state index contributed by atoms with van der Waals surface area (Å²) in [4.78, 5) is 17.8. The lowest BCUT2D eigenvalue weighted by molar-refractivity contribution is 0.0230. The second-order valence-electron chi connectivity index (χ2n) is 7.21. The van der Waals surface area contributed by atoms with E-state index in [1.54, 1.807) is 31.1 Å². The number of hydrogen-bond acceptors (Lipinski definition) is 3. The third-order valence-corrected chi connectivity index (χ3v) is 3.79. The molecule has 8 heteroatoms. The summed E-state index contributed by atoms with van der Waals surface area (Å²) in [6.45, 7) is 8.72. The Bertz CT molecular complexity index is 603. The Kier molecular flexibility index (Phi) is 11.3. The largest absolute Gasteiger partial charge is 0.444 e.